The van der Waals surface area contributed by atoms with Crippen molar-refractivity contribution in [2.45, 2.75) is 0 Å². The van der Waals surface area contributed by atoms with E-state index in [0.717, 1.165) is 34.3 Å². The zero-order chi connectivity index (χ0) is 24.6. The predicted octanol–water partition coefficient (Wildman–Crippen LogP) is 4.07. The van der Waals surface area contributed by atoms with E-state index in [9.17, 15) is 4.39 Å². The number of nitrogens with one attached hydrogen (secondary N) is 4. The van der Waals surface area contributed by atoms with Gasteiger partial charge < -0.3 is 15.2 Å². The molecular formula is C25H23FN10. The van der Waals surface area contributed by atoms with Crippen molar-refractivity contribution in [3.8, 4) is 33.9 Å². The van der Waals surface area contributed by atoms with Gasteiger partial charge in [-0.1, -0.05) is 0 Å². The molecule has 0 amide bonds. The minimum Gasteiger partial charge on any atom is -0.384 e. The first-order valence-electron chi connectivity index (χ1n) is 11.4. The number of imidazole rings is 1. The summed E-state index contributed by atoms with van der Waals surface area (Å²) in [6.45, 7) is 1.54. The van der Waals surface area contributed by atoms with Gasteiger partial charge in [0.05, 0.1) is 23.6 Å². The Morgan fingerprint density at radius 1 is 1.06 bits per heavy atom. The molecule has 0 atom stereocenters. The van der Waals surface area contributed by atoms with Gasteiger partial charge in [0.25, 0.3) is 0 Å². The highest BCUT2D eigenvalue weighted by molar-refractivity contribution is 5.96. The Kier molecular flexibility index (Phi) is 5.38. The first-order chi connectivity index (χ1) is 17.5. The van der Waals surface area contributed by atoms with Gasteiger partial charge in [0.15, 0.2) is 11.5 Å². The SMILES string of the molecule is CN(C)CCNc1cc(F)cc(-c2ccnc3[nH]c(-c4n[nH]c5cnc(-c6cn[nH]c6)cc45)nc23)c1. The third-order valence-corrected chi connectivity index (χ3v) is 5.95. The van der Waals surface area contributed by atoms with E-state index >= 15 is 0 Å². The van der Waals surface area contributed by atoms with E-state index in [0.29, 0.717) is 40.5 Å². The number of likely N-dealkylation sites (N-methyl/N-ethyl adjacent to an activating group) is 1. The molecule has 0 aliphatic rings. The minimum absolute atomic E-state index is 0.321. The monoisotopic (exact) mass is 482 g/mol. The Balaban J connectivity index is 1.41. The molecule has 0 spiro atoms. The fraction of sp³-hybridized carbons (Fsp3) is 0.160. The van der Waals surface area contributed by atoms with Crippen molar-refractivity contribution in [3.05, 3.63) is 60.9 Å². The average molecular weight is 483 g/mol. The fourth-order valence-corrected chi connectivity index (χ4v) is 4.17. The normalized spacial score (nSPS) is 11.7. The highest BCUT2D eigenvalue weighted by Crippen LogP contribution is 2.33. The van der Waals surface area contributed by atoms with Crippen LogP contribution in [0.15, 0.2) is 55.1 Å². The van der Waals surface area contributed by atoms with E-state index in [1.165, 1.54) is 12.1 Å². The Morgan fingerprint density at radius 2 is 1.97 bits per heavy atom. The molecule has 0 aliphatic carbocycles. The summed E-state index contributed by atoms with van der Waals surface area (Å²) in [5.74, 6) is 0.236. The van der Waals surface area contributed by atoms with Gasteiger partial charge in [-0.2, -0.15) is 10.2 Å². The molecular weight excluding hydrogens is 459 g/mol. The first-order valence-corrected chi connectivity index (χ1v) is 11.4. The molecule has 6 rings (SSSR count). The summed E-state index contributed by atoms with van der Waals surface area (Å²) >= 11 is 0. The van der Waals surface area contributed by atoms with Crippen LogP contribution in [-0.2, 0) is 0 Å². The zero-order valence-corrected chi connectivity index (χ0v) is 19.7. The summed E-state index contributed by atoms with van der Waals surface area (Å²) in [5.41, 5.74) is 6.50. The molecule has 6 aromatic rings. The van der Waals surface area contributed by atoms with E-state index < -0.39 is 0 Å². The van der Waals surface area contributed by atoms with Crippen LogP contribution < -0.4 is 5.32 Å². The molecule has 10 nitrogen and oxygen atoms in total. The van der Waals surface area contributed by atoms with Gasteiger partial charge in [-0.15, -0.1) is 0 Å². The highest BCUT2D eigenvalue weighted by atomic mass is 19.1. The topological polar surface area (TPSA) is 127 Å². The lowest BCUT2D eigenvalue weighted by atomic mass is 10.0. The molecule has 0 radical (unpaired) electrons. The molecule has 0 fully saturated rings. The van der Waals surface area contributed by atoms with Gasteiger partial charge in [-0.3, -0.25) is 15.2 Å². The Morgan fingerprint density at radius 3 is 2.81 bits per heavy atom. The van der Waals surface area contributed by atoms with Crippen molar-refractivity contribution in [2.75, 3.05) is 32.5 Å². The summed E-state index contributed by atoms with van der Waals surface area (Å²) < 4.78 is 14.5. The third-order valence-electron chi connectivity index (χ3n) is 5.95. The predicted molar refractivity (Wildman–Crippen MR) is 137 cm³/mol. The number of aromatic amines is 3. The molecule has 11 heteroatoms. The number of H-pyrrole nitrogens is 3. The maximum absolute atomic E-state index is 14.5. The van der Waals surface area contributed by atoms with Crippen LogP contribution in [0.1, 0.15) is 0 Å². The van der Waals surface area contributed by atoms with Crippen molar-refractivity contribution in [1.29, 1.82) is 0 Å². The standard InChI is InChI=1S/C25H23FN10/c1-36(2)6-5-27-17-8-14(7-16(26)9-17)18-3-4-28-24-22(18)32-25(33-24)23-19-10-20(15-11-30-31-12-15)29-13-21(19)34-35-23/h3-4,7-13,27H,5-6H2,1-2H3,(H,30,31)(H,34,35)(H,28,32,33). The van der Waals surface area contributed by atoms with Crippen LogP contribution in [0.3, 0.4) is 0 Å². The number of aromatic nitrogens is 8. The summed E-state index contributed by atoms with van der Waals surface area (Å²) in [4.78, 5) is 19.1. The van der Waals surface area contributed by atoms with Crippen molar-refractivity contribution in [3.63, 3.8) is 0 Å². The number of hydrogen-bond acceptors (Lipinski definition) is 7. The Labute approximate surface area is 205 Å². The second-order valence-corrected chi connectivity index (χ2v) is 8.77. The van der Waals surface area contributed by atoms with Crippen LogP contribution in [0.25, 0.3) is 56.0 Å². The first kappa shape index (κ1) is 21.9. The van der Waals surface area contributed by atoms with Gasteiger partial charge in [-0.25, -0.2) is 14.4 Å². The van der Waals surface area contributed by atoms with E-state index in [-0.39, 0.29) is 5.82 Å². The van der Waals surface area contributed by atoms with Crippen molar-refractivity contribution in [1.82, 2.24) is 45.2 Å². The molecule has 5 aromatic heterocycles. The summed E-state index contributed by atoms with van der Waals surface area (Å²) in [6, 6.07) is 8.71. The molecule has 36 heavy (non-hydrogen) atoms. The molecule has 0 saturated carbocycles. The molecule has 1 aromatic carbocycles. The number of fused-ring (bicyclic) bond motifs is 2. The lowest BCUT2D eigenvalue weighted by molar-refractivity contribution is 0.425. The average Bonchev–Trinajstić information content (AvgIpc) is 3.62. The molecule has 0 bridgehead atoms. The maximum Gasteiger partial charge on any atom is 0.160 e. The van der Waals surface area contributed by atoms with Crippen molar-refractivity contribution >= 4 is 27.8 Å². The Hall–Kier alpha value is -4.64. The number of nitrogens with zero attached hydrogens (tertiary/aromatic N) is 6. The van der Waals surface area contributed by atoms with Crippen LogP contribution in [0.2, 0.25) is 0 Å². The number of halogens is 1. The van der Waals surface area contributed by atoms with Gasteiger partial charge in [0, 0.05) is 47.7 Å². The summed E-state index contributed by atoms with van der Waals surface area (Å²) in [6.07, 6.45) is 6.92. The van der Waals surface area contributed by atoms with E-state index in [1.54, 1.807) is 24.8 Å². The zero-order valence-electron chi connectivity index (χ0n) is 19.7. The van der Waals surface area contributed by atoms with Crippen LogP contribution in [0.4, 0.5) is 10.1 Å². The smallest absolute Gasteiger partial charge is 0.160 e. The van der Waals surface area contributed by atoms with Crippen LogP contribution >= 0.6 is 0 Å². The third kappa shape index (κ3) is 4.05. The largest absolute Gasteiger partial charge is 0.384 e. The number of hydrogen-bond donors (Lipinski definition) is 4. The number of pyridine rings is 2. The fourth-order valence-electron chi connectivity index (χ4n) is 4.17. The molecule has 4 N–H and O–H groups in total. The van der Waals surface area contributed by atoms with Crippen LogP contribution in [0, 0.1) is 5.82 Å². The Bertz CT molecular complexity index is 1670. The number of rotatable bonds is 7. The molecule has 0 saturated heterocycles. The molecule has 5 heterocycles. The molecule has 0 unspecified atom stereocenters. The van der Waals surface area contributed by atoms with Crippen molar-refractivity contribution < 1.29 is 4.39 Å². The highest BCUT2D eigenvalue weighted by Gasteiger charge is 2.17. The lowest BCUT2D eigenvalue weighted by Crippen LogP contribution is -2.20. The van der Waals surface area contributed by atoms with Crippen LogP contribution in [0.5, 0.6) is 0 Å². The van der Waals surface area contributed by atoms with Gasteiger partial charge in [0.1, 0.15) is 17.0 Å². The lowest BCUT2D eigenvalue weighted by Gasteiger charge is -2.12. The van der Waals surface area contributed by atoms with E-state index in [2.05, 4.69) is 45.6 Å². The summed E-state index contributed by atoms with van der Waals surface area (Å²) in [5, 5.41) is 18.4. The van der Waals surface area contributed by atoms with Crippen molar-refractivity contribution in [2.24, 2.45) is 0 Å². The number of anilines is 1. The van der Waals surface area contributed by atoms with Gasteiger partial charge in [-0.05, 0) is 50.0 Å². The molecule has 180 valence electrons. The van der Waals surface area contributed by atoms with Gasteiger partial charge >= 0.3 is 0 Å². The number of benzene rings is 1. The minimum atomic E-state index is -0.321. The van der Waals surface area contributed by atoms with E-state index in [4.69, 9.17) is 4.98 Å². The summed E-state index contributed by atoms with van der Waals surface area (Å²) in [7, 11) is 4.00. The van der Waals surface area contributed by atoms with E-state index in [1.807, 2.05) is 32.3 Å². The maximum atomic E-state index is 14.5. The second kappa shape index (κ2) is 8.86. The second-order valence-electron chi connectivity index (χ2n) is 8.77. The van der Waals surface area contributed by atoms with Gasteiger partial charge in [0.2, 0.25) is 0 Å². The quantitative estimate of drug-likeness (QED) is 0.270. The molecule has 0 aliphatic heterocycles. The van der Waals surface area contributed by atoms with Crippen LogP contribution in [-0.4, -0.2) is 72.4 Å².